The topological polar surface area (TPSA) is 76.7 Å². The number of nitrogens with one attached hydrogen (secondary N) is 3. The number of hydrogen-bond acceptors (Lipinski definition) is 3. The summed E-state index contributed by atoms with van der Waals surface area (Å²) in [6.07, 6.45) is 1.76. The summed E-state index contributed by atoms with van der Waals surface area (Å²) in [4.78, 5) is 3.13. The van der Waals surface area contributed by atoms with Gasteiger partial charge >= 0.3 is 0 Å². The molecule has 0 atom stereocenters. The Bertz CT molecular complexity index is 1030. The van der Waals surface area contributed by atoms with Gasteiger partial charge in [0.2, 0.25) is 0 Å². The first-order chi connectivity index (χ1) is 11.6. The smallest absolute Gasteiger partial charge is 0.193 e. The standard InChI is InChI=1S/C18H15FN4O/c1-10-8-11(24)6-7-14(10)21-18-16(19)17(22-23-18)13-9-20-15-5-3-2-4-12(13)15/h2-9,20,24H,1H3,(H2,21,22,23). The van der Waals surface area contributed by atoms with Crippen molar-refractivity contribution in [1.29, 1.82) is 0 Å². The number of phenols is 1. The summed E-state index contributed by atoms with van der Waals surface area (Å²) in [6, 6.07) is 12.5. The number of aromatic nitrogens is 3. The molecule has 0 amide bonds. The van der Waals surface area contributed by atoms with Crippen molar-refractivity contribution in [2.75, 3.05) is 5.32 Å². The number of phenolic OH excluding ortho intramolecular Hbond substituents is 1. The third-order valence-corrected chi connectivity index (χ3v) is 4.03. The molecule has 2 aromatic carbocycles. The summed E-state index contributed by atoms with van der Waals surface area (Å²) >= 11 is 0. The maximum absolute atomic E-state index is 14.8. The number of aryl methyl sites for hydroxylation is 1. The number of fused-ring (bicyclic) bond motifs is 1. The van der Waals surface area contributed by atoms with Crippen LogP contribution in [0.3, 0.4) is 0 Å². The normalized spacial score (nSPS) is 11.1. The molecule has 0 aliphatic heterocycles. The van der Waals surface area contributed by atoms with Crippen LogP contribution in [0, 0.1) is 12.7 Å². The predicted molar refractivity (Wildman–Crippen MR) is 92.0 cm³/mol. The van der Waals surface area contributed by atoms with E-state index in [1.165, 1.54) is 0 Å². The Morgan fingerprint density at radius 1 is 1.17 bits per heavy atom. The average Bonchev–Trinajstić information content (AvgIpc) is 3.14. The minimum absolute atomic E-state index is 0.115. The molecule has 0 aliphatic carbocycles. The highest BCUT2D eigenvalue weighted by Gasteiger charge is 2.18. The van der Waals surface area contributed by atoms with Gasteiger partial charge in [0, 0.05) is 28.4 Å². The number of aromatic hydroxyl groups is 1. The molecule has 0 saturated carbocycles. The Hall–Kier alpha value is -3.28. The number of nitrogens with zero attached hydrogens (tertiary/aromatic N) is 1. The molecule has 4 N–H and O–H groups in total. The molecular weight excluding hydrogens is 307 g/mol. The van der Waals surface area contributed by atoms with Crippen LogP contribution < -0.4 is 5.32 Å². The van der Waals surface area contributed by atoms with Crippen molar-refractivity contribution in [2.24, 2.45) is 0 Å². The molecule has 120 valence electrons. The van der Waals surface area contributed by atoms with Crippen LogP contribution in [0.25, 0.3) is 22.2 Å². The first-order valence-electron chi connectivity index (χ1n) is 7.50. The van der Waals surface area contributed by atoms with E-state index in [4.69, 9.17) is 0 Å². The minimum atomic E-state index is -0.452. The van der Waals surface area contributed by atoms with Crippen LogP contribution >= 0.6 is 0 Å². The minimum Gasteiger partial charge on any atom is -0.508 e. The number of anilines is 2. The van der Waals surface area contributed by atoms with E-state index in [0.29, 0.717) is 11.4 Å². The Kier molecular flexibility index (Phi) is 3.23. The molecule has 2 heterocycles. The fourth-order valence-corrected chi connectivity index (χ4v) is 2.78. The molecule has 5 nitrogen and oxygen atoms in total. The molecule has 6 heteroatoms. The van der Waals surface area contributed by atoms with Gasteiger partial charge in [-0.15, -0.1) is 0 Å². The third-order valence-electron chi connectivity index (χ3n) is 4.03. The van der Waals surface area contributed by atoms with E-state index in [1.807, 2.05) is 31.2 Å². The zero-order chi connectivity index (χ0) is 16.7. The van der Waals surface area contributed by atoms with E-state index in [0.717, 1.165) is 22.0 Å². The van der Waals surface area contributed by atoms with Gasteiger partial charge in [-0.05, 0) is 36.8 Å². The van der Waals surface area contributed by atoms with E-state index in [1.54, 1.807) is 24.4 Å². The Labute approximate surface area is 137 Å². The number of para-hydroxylation sites is 1. The third kappa shape index (κ3) is 2.28. The SMILES string of the molecule is Cc1cc(O)ccc1Nc1n[nH]c(-c2c[nH]c3ccccc23)c1F. The van der Waals surface area contributed by atoms with Gasteiger partial charge < -0.3 is 15.4 Å². The lowest BCUT2D eigenvalue weighted by Gasteiger charge is -2.07. The highest BCUT2D eigenvalue weighted by atomic mass is 19.1. The molecule has 0 fully saturated rings. The molecule has 4 rings (SSSR count). The maximum Gasteiger partial charge on any atom is 0.193 e. The molecule has 24 heavy (non-hydrogen) atoms. The lowest BCUT2D eigenvalue weighted by atomic mass is 10.1. The highest BCUT2D eigenvalue weighted by Crippen LogP contribution is 2.33. The predicted octanol–water partition coefficient (Wildman–Crippen LogP) is 4.45. The Morgan fingerprint density at radius 3 is 2.83 bits per heavy atom. The van der Waals surface area contributed by atoms with Crippen LogP contribution in [0.15, 0.2) is 48.7 Å². The van der Waals surface area contributed by atoms with Crippen molar-refractivity contribution in [3.63, 3.8) is 0 Å². The zero-order valence-corrected chi connectivity index (χ0v) is 12.9. The van der Waals surface area contributed by atoms with Gasteiger partial charge in [0.15, 0.2) is 11.6 Å². The molecule has 0 radical (unpaired) electrons. The molecule has 0 spiro atoms. The van der Waals surface area contributed by atoms with Crippen molar-refractivity contribution < 1.29 is 9.50 Å². The van der Waals surface area contributed by atoms with Gasteiger partial charge in [0.25, 0.3) is 0 Å². The number of H-pyrrole nitrogens is 2. The first-order valence-corrected chi connectivity index (χ1v) is 7.50. The summed E-state index contributed by atoms with van der Waals surface area (Å²) < 4.78 is 14.8. The molecule has 0 saturated heterocycles. The van der Waals surface area contributed by atoms with Gasteiger partial charge in [-0.3, -0.25) is 5.10 Å². The van der Waals surface area contributed by atoms with Crippen LogP contribution in [-0.2, 0) is 0 Å². The second kappa shape index (κ2) is 5.42. The summed E-state index contributed by atoms with van der Waals surface area (Å²) in [5, 5.41) is 20.2. The van der Waals surface area contributed by atoms with E-state index in [9.17, 15) is 9.50 Å². The van der Waals surface area contributed by atoms with E-state index < -0.39 is 5.82 Å². The fraction of sp³-hybridized carbons (Fsp3) is 0.0556. The van der Waals surface area contributed by atoms with Crippen molar-refractivity contribution >= 4 is 22.4 Å². The molecule has 0 bridgehead atoms. The monoisotopic (exact) mass is 322 g/mol. The van der Waals surface area contributed by atoms with Crippen LogP contribution in [-0.4, -0.2) is 20.3 Å². The van der Waals surface area contributed by atoms with E-state index in [-0.39, 0.29) is 11.6 Å². The highest BCUT2D eigenvalue weighted by molar-refractivity contribution is 5.95. The maximum atomic E-state index is 14.8. The van der Waals surface area contributed by atoms with Crippen LogP contribution in [0.5, 0.6) is 5.75 Å². The van der Waals surface area contributed by atoms with Crippen LogP contribution in [0.4, 0.5) is 15.9 Å². The number of aromatic amines is 2. The van der Waals surface area contributed by atoms with Crippen molar-refractivity contribution in [3.05, 3.63) is 60.0 Å². The van der Waals surface area contributed by atoms with Gasteiger partial charge in [-0.2, -0.15) is 5.10 Å². The largest absolute Gasteiger partial charge is 0.508 e. The summed E-state index contributed by atoms with van der Waals surface area (Å²) in [6.45, 7) is 1.83. The Morgan fingerprint density at radius 2 is 2.00 bits per heavy atom. The van der Waals surface area contributed by atoms with Gasteiger partial charge in [-0.1, -0.05) is 18.2 Å². The zero-order valence-electron chi connectivity index (χ0n) is 12.9. The van der Waals surface area contributed by atoms with E-state index >= 15 is 0 Å². The number of halogens is 1. The molecule has 0 unspecified atom stereocenters. The summed E-state index contributed by atoms with van der Waals surface area (Å²) in [5.74, 6) is -0.170. The summed E-state index contributed by atoms with van der Waals surface area (Å²) in [5.41, 5.74) is 3.47. The number of rotatable bonds is 3. The fourth-order valence-electron chi connectivity index (χ4n) is 2.78. The number of benzene rings is 2. The molecule has 0 aliphatic rings. The Balaban J connectivity index is 1.73. The lowest BCUT2D eigenvalue weighted by Crippen LogP contribution is -1.95. The average molecular weight is 322 g/mol. The number of hydrogen-bond donors (Lipinski definition) is 4. The molecular formula is C18H15FN4O. The van der Waals surface area contributed by atoms with Crippen LogP contribution in [0.2, 0.25) is 0 Å². The summed E-state index contributed by atoms with van der Waals surface area (Å²) in [7, 11) is 0. The van der Waals surface area contributed by atoms with Crippen LogP contribution in [0.1, 0.15) is 5.56 Å². The van der Waals surface area contributed by atoms with E-state index in [2.05, 4.69) is 20.5 Å². The molecule has 4 aromatic rings. The van der Waals surface area contributed by atoms with Gasteiger partial charge in [0.1, 0.15) is 11.4 Å². The lowest BCUT2D eigenvalue weighted by molar-refractivity contribution is 0.475. The van der Waals surface area contributed by atoms with Crippen molar-refractivity contribution in [1.82, 2.24) is 15.2 Å². The first kappa shape index (κ1) is 14.3. The molecule has 2 aromatic heterocycles. The van der Waals surface area contributed by atoms with Gasteiger partial charge in [-0.25, -0.2) is 4.39 Å². The quantitative estimate of drug-likeness (QED) is 0.421. The second-order valence-corrected chi connectivity index (χ2v) is 5.63. The van der Waals surface area contributed by atoms with Crippen molar-refractivity contribution in [2.45, 2.75) is 6.92 Å². The van der Waals surface area contributed by atoms with Gasteiger partial charge in [0.05, 0.1) is 0 Å². The van der Waals surface area contributed by atoms with Crippen molar-refractivity contribution in [3.8, 4) is 17.0 Å². The second-order valence-electron chi connectivity index (χ2n) is 5.63.